The van der Waals surface area contributed by atoms with Crippen LogP contribution in [0, 0.1) is 5.41 Å². The van der Waals surface area contributed by atoms with Crippen molar-refractivity contribution in [3.8, 4) is 0 Å². The molecule has 0 unspecified atom stereocenters. The fourth-order valence-corrected chi connectivity index (χ4v) is 3.68. The Morgan fingerprint density at radius 1 is 1.21 bits per heavy atom. The van der Waals surface area contributed by atoms with Crippen molar-refractivity contribution in [1.29, 1.82) is 0 Å². The predicted molar refractivity (Wildman–Crippen MR) is 105 cm³/mol. The highest BCUT2D eigenvalue weighted by atomic mass is 16.6. The van der Waals surface area contributed by atoms with Gasteiger partial charge in [0, 0.05) is 44.1 Å². The van der Waals surface area contributed by atoms with E-state index in [0.717, 1.165) is 32.1 Å². The number of ether oxygens (including phenoxy) is 2. The normalized spacial score (nSPS) is 19.9. The predicted octanol–water partition coefficient (Wildman–Crippen LogP) is 2.76. The second-order valence-corrected chi connectivity index (χ2v) is 8.41. The van der Waals surface area contributed by atoms with Crippen LogP contribution in [-0.4, -0.2) is 73.3 Å². The molecule has 2 fully saturated rings. The molecule has 3 amide bonds. The maximum Gasteiger partial charge on any atom is 0.410 e. The topological polar surface area (TPSA) is 88.2 Å². The standard InChI is InChI=1S/C20H35N3O5/c1-4-27-17(24)8-6-5-7-11-21-18(25)22-12-9-16(10-13-22)23-14-20(2,3)15-28-19(23)26/h16H,4-15H2,1-3H3,(H,21,25). The zero-order chi connectivity index (χ0) is 20.6. The Balaban J connectivity index is 1.61. The van der Waals surface area contributed by atoms with Crippen molar-refractivity contribution in [2.24, 2.45) is 5.41 Å². The number of esters is 1. The summed E-state index contributed by atoms with van der Waals surface area (Å²) >= 11 is 0. The number of nitrogens with zero attached hydrogens (tertiary/aromatic N) is 2. The van der Waals surface area contributed by atoms with Gasteiger partial charge in [0.25, 0.3) is 0 Å². The molecule has 160 valence electrons. The molecule has 2 aliphatic heterocycles. The minimum Gasteiger partial charge on any atom is -0.466 e. The number of nitrogens with one attached hydrogen (secondary N) is 1. The van der Waals surface area contributed by atoms with Crippen molar-refractivity contribution in [2.45, 2.75) is 65.3 Å². The number of carbonyl (C=O) groups is 3. The number of cyclic esters (lactones) is 1. The van der Waals surface area contributed by atoms with Crippen LogP contribution in [0.1, 0.15) is 59.3 Å². The van der Waals surface area contributed by atoms with E-state index < -0.39 is 0 Å². The maximum atomic E-state index is 12.3. The molecule has 2 heterocycles. The van der Waals surface area contributed by atoms with E-state index in [1.54, 1.807) is 6.92 Å². The van der Waals surface area contributed by atoms with Gasteiger partial charge in [-0.1, -0.05) is 20.3 Å². The van der Waals surface area contributed by atoms with Crippen LogP contribution in [0.4, 0.5) is 9.59 Å². The van der Waals surface area contributed by atoms with Crippen molar-refractivity contribution in [2.75, 3.05) is 39.4 Å². The average Bonchev–Trinajstić information content (AvgIpc) is 2.66. The fourth-order valence-electron chi connectivity index (χ4n) is 3.68. The minimum absolute atomic E-state index is 0.0320. The molecular formula is C20H35N3O5. The summed E-state index contributed by atoms with van der Waals surface area (Å²) in [6.45, 7) is 9.47. The van der Waals surface area contributed by atoms with Crippen LogP contribution in [-0.2, 0) is 14.3 Å². The Morgan fingerprint density at radius 3 is 2.61 bits per heavy atom. The van der Waals surface area contributed by atoms with Gasteiger partial charge in [-0.2, -0.15) is 0 Å². The molecule has 0 saturated carbocycles. The van der Waals surface area contributed by atoms with Crippen LogP contribution in [0.2, 0.25) is 0 Å². The first kappa shape index (κ1) is 22.3. The molecule has 0 spiro atoms. The summed E-state index contributed by atoms with van der Waals surface area (Å²) in [5, 5.41) is 2.95. The molecule has 0 atom stereocenters. The molecule has 8 heteroatoms. The number of carbonyl (C=O) groups excluding carboxylic acids is 3. The van der Waals surface area contributed by atoms with E-state index >= 15 is 0 Å². The number of hydrogen-bond donors (Lipinski definition) is 1. The molecule has 1 N–H and O–H groups in total. The second-order valence-electron chi connectivity index (χ2n) is 8.41. The SMILES string of the molecule is CCOC(=O)CCCCCNC(=O)N1CCC(N2CC(C)(C)COC2=O)CC1. The van der Waals surface area contributed by atoms with Gasteiger partial charge in [-0.3, -0.25) is 4.79 Å². The van der Waals surface area contributed by atoms with Crippen molar-refractivity contribution in [3.63, 3.8) is 0 Å². The Labute approximate surface area is 167 Å². The quantitative estimate of drug-likeness (QED) is 0.503. The van der Waals surface area contributed by atoms with E-state index in [0.29, 0.717) is 45.8 Å². The molecule has 0 aromatic heterocycles. The smallest absolute Gasteiger partial charge is 0.410 e. The summed E-state index contributed by atoms with van der Waals surface area (Å²) in [7, 11) is 0. The lowest BCUT2D eigenvalue weighted by Gasteiger charge is -2.44. The van der Waals surface area contributed by atoms with Gasteiger partial charge in [-0.25, -0.2) is 9.59 Å². The van der Waals surface area contributed by atoms with Gasteiger partial charge in [0.05, 0.1) is 13.2 Å². The molecule has 2 aliphatic rings. The van der Waals surface area contributed by atoms with Crippen LogP contribution in [0.25, 0.3) is 0 Å². The van der Waals surface area contributed by atoms with Gasteiger partial charge >= 0.3 is 18.1 Å². The van der Waals surface area contributed by atoms with E-state index in [-0.39, 0.29) is 29.6 Å². The van der Waals surface area contributed by atoms with Crippen LogP contribution in [0.3, 0.4) is 0 Å². The van der Waals surface area contributed by atoms with Crippen molar-refractivity contribution < 1.29 is 23.9 Å². The zero-order valence-electron chi connectivity index (χ0n) is 17.5. The second kappa shape index (κ2) is 10.5. The lowest BCUT2D eigenvalue weighted by atomic mass is 9.91. The molecule has 2 rings (SSSR count). The van der Waals surface area contributed by atoms with Gasteiger partial charge in [0.1, 0.15) is 0 Å². The highest BCUT2D eigenvalue weighted by Gasteiger charge is 2.38. The van der Waals surface area contributed by atoms with Crippen LogP contribution in [0.15, 0.2) is 0 Å². The highest BCUT2D eigenvalue weighted by Crippen LogP contribution is 2.28. The number of rotatable bonds is 8. The number of piperidine rings is 1. The Kier molecular flexibility index (Phi) is 8.38. The monoisotopic (exact) mass is 397 g/mol. The molecule has 2 saturated heterocycles. The summed E-state index contributed by atoms with van der Waals surface area (Å²) in [4.78, 5) is 39.3. The number of hydrogen-bond acceptors (Lipinski definition) is 5. The number of urea groups is 1. The Bertz CT molecular complexity index is 544. The molecule has 0 aromatic rings. The zero-order valence-corrected chi connectivity index (χ0v) is 17.5. The van der Waals surface area contributed by atoms with E-state index in [9.17, 15) is 14.4 Å². The summed E-state index contributed by atoms with van der Waals surface area (Å²) in [6, 6.07) is 0.0874. The van der Waals surface area contributed by atoms with Gasteiger partial charge < -0.3 is 24.6 Å². The summed E-state index contributed by atoms with van der Waals surface area (Å²) in [6.07, 6.45) is 4.26. The van der Waals surface area contributed by atoms with Gasteiger partial charge in [0.15, 0.2) is 0 Å². The molecule has 0 aliphatic carbocycles. The third-order valence-corrected chi connectivity index (χ3v) is 5.25. The number of amides is 3. The van der Waals surface area contributed by atoms with Gasteiger partial charge in [0.2, 0.25) is 0 Å². The van der Waals surface area contributed by atoms with E-state index in [2.05, 4.69) is 19.2 Å². The lowest BCUT2D eigenvalue weighted by molar-refractivity contribution is -0.143. The third kappa shape index (κ3) is 6.87. The molecule has 28 heavy (non-hydrogen) atoms. The summed E-state index contributed by atoms with van der Waals surface area (Å²) in [5.41, 5.74) is -0.0320. The molecular weight excluding hydrogens is 362 g/mol. The first-order valence-electron chi connectivity index (χ1n) is 10.4. The molecule has 0 bridgehead atoms. The van der Waals surface area contributed by atoms with Gasteiger partial charge in [-0.05, 0) is 32.6 Å². The van der Waals surface area contributed by atoms with Gasteiger partial charge in [-0.15, -0.1) is 0 Å². The van der Waals surface area contributed by atoms with Crippen LogP contribution >= 0.6 is 0 Å². The first-order valence-corrected chi connectivity index (χ1v) is 10.4. The third-order valence-electron chi connectivity index (χ3n) is 5.25. The Morgan fingerprint density at radius 2 is 1.93 bits per heavy atom. The maximum absolute atomic E-state index is 12.3. The largest absolute Gasteiger partial charge is 0.466 e. The molecule has 0 aromatic carbocycles. The summed E-state index contributed by atoms with van der Waals surface area (Å²) in [5.74, 6) is -0.157. The minimum atomic E-state index is -0.231. The first-order chi connectivity index (χ1) is 13.3. The van der Waals surface area contributed by atoms with E-state index in [4.69, 9.17) is 9.47 Å². The summed E-state index contributed by atoms with van der Waals surface area (Å²) < 4.78 is 10.2. The van der Waals surface area contributed by atoms with Crippen molar-refractivity contribution in [3.05, 3.63) is 0 Å². The molecule has 8 nitrogen and oxygen atoms in total. The number of likely N-dealkylation sites (tertiary alicyclic amines) is 1. The lowest BCUT2D eigenvalue weighted by Crippen LogP contribution is -2.55. The number of unbranched alkanes of at least 4 members (excludes halogenated alkanes) is 2. The fraction of sp³-hybridized carbons (Fsp3) is 0.850. The average molecular weight is 398 g/mol. The Hall–Kier alpha value is -1.99. The van der Waals surface area contributed by atoms with Crippen molar-refractivity contribution >= 4 is 18.1 Å². The van der Waals surface area contributed by atoms with Crippen LogP contribution in [0.5, 0.6) is 0 Å². The molecule has 0 radical (unpaired) electrons. The van der Waals surface area contributed by atoms with Crippen LogP contribution < -0.4 is 5.32 Å². The van der Waals surface area contributed by atoms with E-state index in [1.807, 2.05) is 9.80 Å². The van der Waals surface area contributed by atoms with E-state index in [1.165, 1.54) is 0 Å². The highest BCUT2D eigenvalue weighted by molar-refractivity contribution is 5.74. The van der Waals surface area contributed by atoms with Crippen molar-refractivity contribution in [1.82, 2.24) is 15.1 Å².